The van der Waals surface area contributed by atoms with Gasteiger partial charge in [0.05, 0.1) is 6.04 Å². The highest BCUT2D eigenvalue weighted by Gasteiger charge is 2.48. The van der Waals surface area contributed by atoms with E-state index in [1.165, 1.54) is 4.90 Å². The van der Waals surface area contributed by atoms with Crippen molar-refractivity contribution in [2.24, 2.45) is 0 Å². The summed E-state index contributed by atoms with van der Waals surface area (Å²) in [6, 6.07) is 1.58. The molecule has 3 amide bonds. The molecule has 4 aliphatic rings. The molecule has 33 heavy (non-hydrogen) atoms. The molecule has 180 valence electrons. The van der Waals surface area contributed by atoms with E-state index in [0.29, 0.717) is 23.6 Å². The predicted octanol–water partition coefficient (Wildman–Crippen LogP) is 0.881. The number of hydrogen-bond donors (Lipinski definition) is 1. The second-order valence-corrected chi connectivity index (χ2v) is 9.91. The highest BCUT2D eigenvalue weighted by molar-refractivity contribution is 7.80. The van der Waals surface area contributed by atoms with Gasteiger partial charge in [-0.15, -0.1) is 0 Å². The minimum atomic E-state index is -5.08. The zero-order chi connectivity index (χ0) is 23.2. The fourth-order valence-electron chi connectivity index (χ4n) is 5.12. The summed E-state index contributed by atoms with van der Waals surface area (Å²) >= 11 is 0. The van der Waals surface area contributed by atoms with E-state index in [4.69, 9.17) is 4.98 Å². The van der Waals surface area contributed by atoms with E-state index in [-0.39, 0.29) is 12.5 Å². The quantitative estimate of drug-likeness (QED) is 0.465. The Labute approximate surface area is 192 Å². The zero-order valence-electron chi connectivity index (χ0n) is 18.2. The molecule has 0 unspecified atom stereocenters. The van der Waals surface area contributed by atoms with Crippen molar-refractivity contribution < 1.29 is 26.8 Å². The number of carbonyl (C=O) groups excluding carboxylic acids is 2. The van der Waals surface area contributed by atoms with Gasteiger partial charge in [0.25, 0.3) is 0 Å². The fraction of sp³-hybridized carbons (Fsp3) is 0.650. The first kappa shape index (κ1) is 22.2. The molecule has 4 saturated heterocycles. The number of hydroxylamine groups is 2. The summed E-state index contributed by atoms with van der Waals surface area (Å²) in [5, 5.41) is 3.52. The number of amides is 3. The third kappa shape index (κ3) is 4.57. The van der Waals surface area contributed by atoms with Gasteiger partial charge in [-0.1, -0.05) is 0 Å². The number of rotatable bonds is 6. The smallest absolute Gasteiger partial charge is 0.346 e. The van der Waals surface area contributed by atoms with Crippen LogP contribution in [-0.2, 0) is 19.5 Å². The normalized spacial score (nSPS) is 25.3. The Morgan fingerprint density at radius 2 is 1.61 bits per heavy atom. The summed E-state index contributed by atoms with van der Waals surface area (Å²) in [6.45, 7) is 3.83. The molecule has 13 heteroatoms. The van der Waals surface area contributed by atoms with Crippen LogP contribution < -0.4 is 15.1 Å². The van der Waals surface area contributed by atoms with Gasteiger partial charge in [0.2, 0.25) is 16.3 Å². The number of aromatic nitrogens is 1. The van der Waals surface area contributed by atoms with Gasteiger partial charge < -0.3 is 24.6 Å². The van der Waals surface area contributed by atoms with Crippen LogP contribution in [0.1, 0.15) is 38.5 Å². The van der Waals surface area contributed by atoms with Crippen LogP contribution in [0.4, 0.5) is 22.1 Å². The Hall–Kier alpha value is -2.64. The molecular weight excluding hydrogens is 452 g/mol. The average Bonchev–Trinajstić information content (AvgIpc) is 3.53. The second-order valence-electron chi connectivity index (χ2n) is 8.94. The fourth-order valence-corrected chi connectivity index (χ4v) is 5.50. The van der Waals surface area contributed by atoms with Crippen LogP contribution in [0, 0.1) is 0 Å². The molecule has 2 atom stereocenters. The number of carbonyl (C=O) groups is 2. The molecule has 2 bridgehead atoms. The first-order valence-corrected chi connectivity index (χ1v) is 12.7. The van der Waals surface area contributed by atoms with Crippen LogP contribution in [0.15, 0.2) is 12.1 Å². The molecule has 4 aliphatic heterocycles. The summed E-state index contributed by atoms with van der Waals surface area (Å²) < 4.78 is 37.3. The maximum atomic E-state index is 13.2. The van der Waals surface area contributed by atoms with E-state index in [2.05, 4.69) is 19.4 Å². The summed E-state index contributed by atoms with van der Waals surface area (Å²) in [5.41, 5.74) is 0.614. The molecule has 1 aromatic heterocycles. The number of hydrogen-bond acceptors (Lipinski definition) is 9. The van der Waals surface area contributed by atoms with Crippen LogP contribution >= 0.6 is 0 Å². The van der Waals surface area contributed by atoms with Crippen molar-refractivity contribution in [1.29, 1.82) is 0 Å². The number of nitrogens with zero attached hydrogens (tertiary/aromatic N) is 5. The first-order chi connectivity index (χ1) is 15.8. The van der Waals surface area contributed by atoms with Gasteiger partial charge in [-0.25, -0.2) is 18.2 Å². The highest BCUT2D eigenvalue weighted by atomic mass is 32.3. The lowest BCUT2D eigenvalue weighted by molar-refractivity contribution is -0.120. The molecule has 1 aromatic rings. The predicted molar refractivity (Wildman–Crippen MR) is 117 cm³/mol. The van der Waals surface area contributed by atoms with Crippen molar-refractivity contribution in [2.75, 3.05) is 47.8 Å². The average molecular weight is 480 g/mol. The van der Waals surface area contributed by atoms with E-state index in [0.717, 1.165) is 63.5 Å². The first-order valence-electron chi connectivity index (χ1n) is 11.4. The number of urea groups is 1. The molecule has 4 fully saturated rings. The Bertz CT molecular complexity index is 1010. The molecule has 5 rings (SSSR count). The van der Waals surface area contributed by atoms with E-state index in [9.17, 15) is 22.6 Å². The van der Waals surface area contributed by atoms with E-state index >= 15 is 0 Å². The lowest BCUT2D eigenvalue weighted by atomic mass is 10.0. The van der Waals surface area contributed by atoms with Crippen molar-refractivity contribution in [3.63, 3.8) is 0 Å². The molecule has 0 aliphatic carbocycles. The molecule has 12 nitrogen and oxygen atoms in total. The third-order valence-corrected chi connectivity index (χ3v) is 7.07. The van der Waals surface area contributed by atoms with E-state index < -0.39 is 28.5 Å². The van der Waals surface area contributed by atoms with Gasteiger partial charge in [0, 0.05) is 50.5 Å². The van der Waals surface area contributed by atoms with E-state index in [1.807, 2.05) is 12.1 Å². The SMILES string of the molecule is O=C(Nc1cc(N2CCCC2)nc(N2CCCC2)c1)[C@@H]1CC[C@@H]2CN1C(=O)N2OS(=O)(=O)[O-]. The number of piperidine rings is 1. The van der Waals surface area contributed by atoms with Crippen LogP contribution in [0.3, 0.4) is 0 Å². The highest BCUT2D eigenvalue weighted by Crippen LogP contribution is 2.32. The van der Waals surface area contributed by atoms with Gasteiger partial charge in [-0.05, 0) is 38.5 Å². The summed E-state index contributed by atoms with van der Waals surface area (Å²) in [7, 11) is -5.08. The van der Waals surface area contributed by atoms with Crippen LogP contribution in [0.5, 0.6) is 0 Å². The monoisotopic (exact) mass is 479 g/mol. The van der Waals surface area contributed by atoms with Crippen molar-refractivity contribution in [2.45, 2.75) is 50.6 Å². The van der Waals surface area contributed by atoms with Gasteiger partial charge in [0.1, 0.15) is 17.7 Å². The van der Waals surface area contributed by atoms with Crippen LogP contribution in [0.2, 0.25) is 0 Å². The second kappa shape index (κ2) is 8.61. The third-order valence-electron chi connectivity index (χ3n) is 6.72. The minimum Gasteiger partial charge on any atom is -0.724 e. The number of pyridine rings is 1. The molecule has 0 saturated carbocycles. The molecule has 0 radical (unpaired) electrons. The van der Waals surface area contributed by atoms with Crippen molar-refractivity contribution >= 4 is 39.7 Å². The summed E-state index contributed by atoms with van der Waals surface area (Å²) in [5.74, 6) is 1.29. The Kier molecular flexibility index (Phi) is 5.79. The maximum absolute atomic E-state index is 13.2. The van der Waals surface area contributed by atoms with Gasteiger partial charge in [0.15, 0.2) is 0 Å². The van der Waals surface area contributed by atoms with Crippen molar-refractivity contribution in [3.05, 3.63) is 12.1 Å². The topological polar surface area (TPSA) is 138 Å². The van der Waals surface area contributed by atoms with Crippen LogP contribution in [0.25, 0.3) is 0 Å². The Morgan fingerprint density at radius 3 is 2.15 bits per heavy atom. The molecule has 0 spiro atoms. The van der Waals surface area contributed by atoms with Crippen molar-refractivity contribution in [3.8, 4) is 0 Å². The summed E-state index contributed by atoms with van der Waals surface area (Å²) in [6.07, 6.45) is 5.11. The molecule has 0 aromatic carbocycles. The van der Waals surface area contributed by atoms with Gasteiger partial charge in [-0.2, -0.15) is 9.35 Å². The Morgan fingerprint density at radius 1 is 1.03 bits per heavy atom. The van der Waals surface area contributed by atoms with Crippen LogP contribution in [-0.4, -0.2) is 84.7 Å². The standard InChI is InChI=1S/C20H28N6O6S/c27-19(16-6-5-15-13-25(16)20(28)26(15)32-33(29,30)31)21-14-11-17(23-7-1-2-8-23)22-18(12-14)24-9-3-4-10-24/h11-12,15-16H,1-10,13H2,(H,21,22,27)(H,29,30,31)/p-1/t15-,16+/m1/s1. The molecule has 5 heterocycles. The summed E-state index contributed by atoms with van der Waals surface area (Å²) in [4.78, 5) is 36.3. The number of nitrogens with one attached hydrogen (secondary N) is 1. The number of anilines is 3. The molecular formula is C20H27N6O6S-. The Balaban J connectivity index is 1.34. The molecule has 1 N–H and O–H groups in total. The zero-order valence-corrected chi connectivity index (χ0v) is 19.0. The van der Waals surface area contributed by atoms with Crippen molar-refractivity contribution in [1.82, 2.24) is 14.9 Å². The lowest BCUT2D eigenvalue weighted by Gasteiger charge is -2.29. The minimum absolute atomic E-state index is 0.126. The van der Waals surface area contributed by atoms with Gasteiger partial charge in [-0.3, -0.25) is 4.79 Å². The lowest BCUT2D eigenvalue weighted by Crippen LogP contribution is -2.47. The van der Waals surface area contributed by atoms with E-state index in [1.54, 1.807) is 0 Å². The largest absolute Gasteiger partial charge is 0.724 e. The van der Waals surface area contributed by atoms with Gasteiger partial charge >= 0.3 is 6.03 Å². The number of fused-ring (bicyclic) bond motifs is 2. The maximum Gasteiger partial charge on any atom is 0.346 e.